The highest BCUT2D eigenvalue weighted by Gasteiger charge is 2.11. The zero-order chi connectivity index (χ0) is 10.8. The molecule has 0 amide bonds. The molecule has 1 aromatic rings. The Balaban J connectivity index is 0.00000128. The summed E-state index contributed by atoms with van der Waals surface area (Å²) >= 11 is 17.8. The molecule has 0 saturated heterocycles. The molecule has 0 spiro atoms. The van der Waals surface area contributed by atoms with E-state index in [0.29, 0.717) is 26.7 Å². The van der Waals surface area contributed by atoms with Crippen molar-refractivity contribution in [3.63, 3.8) is 0 Å². The lowest BCUT2D eigenvalue weighted by Gasteiger charge is -2.10. The van der Waals surface area contributed by atoms with E-state index in [9.17, 15) is 0 Å². The minimum atomic E-state index is 0. The SMILES string of the molecule is Cl.Clc1cc(Cl)c(NC2=NCCN2)c(Cl)c1. The third-order valence-corrected chi connectivity index (χ3v) is 2.74. The summed E-state index contributed by atoms with van der Waals surface area (Å²) in [7, 11) is 0. The van der Waals surface area contributed by atoms with E-state index in [1.54, 1.807) is 12.1 Å². The van der Waals surface area contributed by atoms with Crippen molar-refractivity contribution in [2.24, 2.45) is 4.99 Å². The van der Waals surface area contributed by atoms with E-state index in [0.717, 1.165) is 13.1 Å². The van der Waals surface area contributed by atoms with Crippen LogP contribution >= 0.6 is 47.2 Å². The molecule has 16 heavy (non-hydrogen) atoms. The van der Waals surface area contributed by atoms with Crippen molar-refractivity contribution in [2.45, 2.75) is 0 Å². The van der Waals surface area contributed by atoms with Gasteiger partial charge in [0.15, 0.2) is 5.96 Å². The largest absolute Gasteiger partial charge is 0.354 e. The third-order valence-electron chi connectivity index (χ3n) is 1.92. The van der Waals surface area contributed by atoms with Gasteiger partial charge < -0.3 is 10.6 Å². The Bertz CT molecular complexity index is 396. The topological polar surface area (TPSA) is 36.4 Å². The lowest BCUT2D eigenvalue weighted by Crippen LogP contribution is -2.26. The summed E-state index contributed by atoms with van der Waals surface area (Å²) in [4.78, 5) is 4.18. The minimum absolute atomic E-state index is 0. The second-order valence-corrected chi connectivity index (χ2v) is 4.28. The number of aliphatic imine (C=N–C) groups is 1. The predicted molar refractivity (Wildman–Crippen MR) is 72.6 cm³/mol. The Labute approximate surface area is 115 Å². The van der Waals surface area contributed by atoms with Gasteiger partial charge in [-0.15, -0.1) is 12.4 Å². The van der Waals surface area contributed by atoms with Crippen molar-refractivity contribution in [3.8, 4) is 0 Å². The maximum absolute atomic E-state index is 6.00. The Kier molecular flexibility index (Phi) is 4.99. The van der Waals surface area contributed by atoms with Crippen LogP contribution in [0.1, 0.15) is 0 Å². The maximum atomic E-state index is 6.00. The van der Waals surface area contributed by atoms with Gasteiger partial charge in [0.1, 0.15) is 0 Å². The van der Waals surface area contributed by atoms with Gasteiger partial charge in [-0.25, -0.2) is 0 Å². The van der Waals surface area contributed by atoms with Crippen molar-refractivity contribution >= 4 is 58.9 Å². The van der Waals surface area contributed by atoms with Crippen molar-refractivity contribution in [3.05, 3.63) is 27.2 Å². The van der Waals surface area contributed by atoms with Gasteiger partial charge >= 0.3 is 0 Å². The molecule has 7 heteroatoms. The lowest BCUT2D eigenvalue weighted by atomic mass is 10.3. The number of nitrogens with zero attached hydrogens (tertiary/aromatic N) is 1. The average Bonchev–Trinajstić information content (AvgIpc) is 2.63. The third kappa shape index (κ3) is 3.08. The van der Waals surface area contributed by atoms with E-state index < -0.39 is 0 Å². The highest BCUT2D eigenvalue weighted by atomic mass is 35.5. The van der Waals surface area contributed by atoms with E-state index in [1.165, 1.54) is 0 Å². The zero-order valence-electron chi connectivity index (χ0n) is 8.06. The summed E-state index contributed by atoms with van der Waals surface area (Å²) in [6.07, 6.45) is 0. The van der Waals surface area contributed by atoms with Gasteiger partial charge in [-0.05, 0) is 12.1 Å². The Morgan fingerprint density at radius 1 is 1.19 bits per heavy atom. The molecule has 1 aliphatic heterocycles. The molecule has 2 N–H and O–H groups in total. The summed E-state index contributed by atoms with van der Waals surface area (Å²) in [5.41, 5.74) is 0.621. The molecule has 3 nitrogen and oxygen atoms in total. The molecule has 0 atom stereocenters. The fourth-order valence-corrected chi connectivity index (χ4v) is 2.17. The first-order valence-electron chi connectivity index (χ1n) is 4.37. The quantitative estimate of drug-likeness (QED) is 0.833. The number of benzene rings is 1. The monoisotopic (exact) mass is 299 g/mol. The second kappa shape index (κ2) is 5.82. The number of hydrogen-bond acceptors (Lipinski definition) is 3. The van der Waals surface area contributed by atoms with E-state index in [-0.39, 0.29) is 12.4 Å². The predicted octanol–water partition coefficient (Wildman–Crippen LogP) is 3.44. The Morgan fingerprint density at radius 3 is 2.31 bits per heavy atom. The Morgan fingerprint density at radius 2 is 1.81 bits per heavy atom. The van der Waals surface area contributed by atoms with Gasteiger partial charge in [0, 0.05) is 11.6 Å². The van der Waals surface area contributed by atoms with Gasteiger partial charge in [0.2, 0.25) is 0 Å². The van der Waals surface area contributed by atoms with Crippen LogP contribution in [0.2, 0.25) is 15.1 Å². The first-order chi connectivity index (χ1) is 7.16. The summed E-state index contributed by atoms with van der Waals surface area (Å²) in [6.45, 7) is 1.58. The number of guanidine groups is 1. The zero-order valence-corrected chi connectivity index (χ0v) is 11.1. The average molecular weight is 301 g/mol. The molecule has 2 rings (SSSR count). The molecule has 88 valence electrons. The van der Waals surface area contributed by atoms with Crippen LogP contribution in [0.25, 0.3) is 0 Å². The van der Waals surface area contributed by atoms with E-state index >= 15 is 0 Å². The molecular formula is C9H9Cl4N3. The molecule has 1 aliphatic rings. The molecule has 0 aliphatic carbocycles. The second-order valence-electron chi connectivity index (χ2n) is 3.03. The first-order valence-corrected chi connectivity index (χ1v) is 5.50. The van der Waals surface area contributed by atoms with Crippen LogP contribution in [0, 0.1) is 0 Å². The van der Waals surface area contributed by atoms with Crippen LogP contribution in [0.3, 0.4) is 0 Å². The van der Waals surface area contributed by atoms with Crippen LogP contribution in [0.5, 0.6) is 0 Å². The molecule has 1 aromatic carbocycles. The number of anilines is 1. The molecule has 1 heterocycles. The Hall–Kier alpha value is -0.350. The smallest absolute Gasteiger partial charge is 0.196 e. The van der Waals surface area contributed by atoms with Crippen molar-refractivity contribution in [1.82, 2.24) is 5.32 Å². The maximum Gasteiger partial charge on any atom is 0.196 e. The summed E-state index contributed by atoms with van der Waals surface area (Å²) < 4.78 is 0. The molecule has 0 bridgehead atoms. The van der Waals surface area contributed by atoms with E-state index in [2.05, 4.69) is 15.6 Å². The molecule has 0 saturated carbocycles. The van der Waals surface area contributed by atoms with Gasteiger partial charge in [0.25, 0.3) is 0 Å². The highest BCUT2D eigenvalue weighted by Crippen LogP contribution is 2.33. The number of halogens is 4. The van der Waals surface area contributed by atoms with Crippen LogP contribution in [0.15, 0.2) is 17.1 Å². The molecule has 0 fully saturated rings. The van der Waals surface area contributed by atoms with Crippen LogP contribution < -0.4 is 10.6 Å². The van der Waals surface area contributed by atoms with Gasteiger partial charge in [-0.2, -0.15) is 0 Å². The normalized spacial score (nSPS) is 13.8. The fourth-order valence-electron chi connectivity index (χ4n) is 1.26. The van der Waals surface area contributed by atoms with Gasteiger partial charge in [0.05, 0.1) is 22.3 Å². The minimum Gasteiger partial charge on any atom is -0.354 e. The van der Waals surface area contributed by atoms with E-state index in [1.807, 2.05) is 0 Å². The van der Waals surface area contributed by atoms with E-state index in [4.69, 9.17) is 34.8 Å². The van der Waals surface area contributed by atoms with Crippen LogP contribution in [0.4, 0.5) is 5.69 Å². The molecule has 0 radical (unpaired) electrons. The fraction of sp³-hybridized carbons (Fsp3) is 0.222. The summed E-state index contributed by atoms with van der Waals surface area (Å²) in [5.74, 6) is 0.682. The molecular weight excluding hydrogens is 292 g/mol. The van der Waals surface area contributed by atoms with Crippen molar-refractivity contribution < 1.29 is 0 Å². The van der Waals surface area contributed by atoms with Crippen molar-refractivity contribution in [1.29, 1.82) is 0 Å². The number of nitrogens with one attached hydrogen (secondary N) is 2. The number of hydrogen-bond donors (Lipinski definition) is 2. The first kappa shape index (κ1) is 13.7. The summed E-state index contributed by atoms with van der Waals surface area (Å²) in [5, 5.41) is 7.55. The van der Waals surface area contributed by atoms with Gasteiger partial charge in [-0.3, -0.25) is 4.99 Å². The van der Waals surface area contributed by atoms with Crippen LogP contribution in [-0.2, 0) is 0 Å². The molecule has 0 aromatic heterocycles. The summed E-state index contributed by atoms with van der Waals surface area (Å²) in [6, 6.07) is 3.26. The lowest BCUT2D eigenvalue weighted by molar-refractivity contribution is 0.959. The standard InChI is InChI=1S/C9H8Cl3N3.ClH/c10-5-3-6(11)8(7(12)4-5)15-9-13-1-2-14-9;/h3-4H,1-2H2,(H2,13,14,15);1H. The van der Waals surface area contributed by atoms with Crippen molar-refractivity contribution in [2.75, 3.05) is 18.4 Å². The number of rotatable bonds is 1. The van der Waals surface area contributed by atoms with Crippen LogP contribution in [-0.4, -0.2) is 19.0 Å². The van der Waals surface area contributed by atoms with Gasteiger partial charge in [-0.1, -0.05) is 34.8 Å². The molecule has 0 unspecified atom stereocenters. The highest BCUT2D eigenvalue weighted by molar-refractivity contribution is 6.42.